The Balaban J connectivity index is 2.20. The molecule has 1 saturated heterocycles. The minimum absolute atomic E-state index is 0.0256. The third-order valence-electron chi connectivity index (χ3n) is 3.78. The van der Waals surface area contributed by atoms with Gasteiger partial charge in [0.25, 0.3) is 0 Å². The van der Waals surface area contributed by atoms with Gasteiger partial charge in [-0.2, -0.15) is 0 Å². The van der Waals surface area contributed by atoms with Crippen LogP contribution in [0.1, 0.15) is 30.9 Å². The number of aryl methyl sites for hydroxylation is 1. The number of sulfonamides is 1. The molecule has 5 nitrogen and oxygen atoms in total. The molecule has 0 unspecified atom stereocenters. The summed E-state index contributed by atoms with van der Waals surface area (Å²) in [6.45, 7) is 3.98. The summed E-state index contributed by atoms with van der Waals surface area (Å²) >= 11 is 0. The number of rotatable bonds is 6. The van der Waals surface area contributed by atoms with Crippen molar-refractivity contribution in [1.29, 1.82) is 0 Å². The minimum Gasteiger partial charge on any atom is -0.381 e. The molecule has 1 aromatic rings. The zero-order valence-electron chi connectivity index (χ0n) is 12.7. The van der Waals surface area contributed by atoms with E-state index in [1.807, 2.05) is 13.1 Å². The van der Waals surface area contributed by atoms with Crippen LogP contribution in [0.4, 0.5) is 0 Å². The van der Waals surface area contributed by atoms with E-state index in [1.165, 1.54) is 5.56 Å². The standard InChI is InChI=1S/C15H24N2O3S/c1-3-12-4-5-15(10-13(12)11-16-2)21(18,19)17-14-6-8-20-9-7-14/h4-5,10,14,16-17H,3,6-9,11H2,1-2H3. The van der Waals surface area contributed by atoms with Crippen molar-refractivity contribution in [2.24, 2.45) is 0 Å². The lowest BCUT2D eigenvalue weighted by molar-refractivity contribution is 0.0832. The Hall–Kier alpha value is -0.950. The molecule has 0 amide bonds. The molecule has 0 aromatic heterocycles. The number of ether oxygens (including phenoxy) is 1. The Morgan fingerprint density at radius 3 is 2.57 bits per heavy atom. The highest BCUT2D eigenvalue weighted by Gasteiger charge is 2.22. The maximum absolute atomic E-state index is 12.5. The van der Waals surface area contributed by atoms with Gasteiger partial charge in [-0.3, -0.25) is 0 Å². The molecule has 1 heterocycles. The Labute approximate surface area is 127 Å². The lowest BCUT2D eigenvalue weighted by Crippen LogP contribution is -2.38. The predicted octanol–water partition coefficient (Wildman–Crippen LogP) is 1.43. The van der Waals surface area contributed by atoms with Gasteiger partial charge in [0, 0.05) is 25.8 Å². The summed E-state index contributed by atoms with van der Waals surface area (Å²) < 4.78 is 33.0. The van der Waals surface area contributed by atoms with Crippen molar-refractivity contribution in [3.05, 3.63) is 29.3 Å². The molecule has 0 radical (unpaired) electrons. The van der Waals surface area contributed by atoms with Crippen molar-refractivity contribution in [2.75, 3.05) is 20.3 Å². The summed E-state index contributed by atoms with van der Waals surface area (Å²) in [5, 5.41) is 3.09. The highest BCUT2D eigenvalue weighted by Crippen LogP contribution is 2.18. The van der Waals surface area contributed by atoms with E-state index in [2.05, 4.69) is 17.0 Å². The van der Waals surface area contributed by atoms with Gasteiger partial charge >= 0.3 is 0 Å². The van der Waals surface area contributed by atoms with Crippen LogP contribution in [0.25, 0.3) is 0 Å². The zero-order chi connectivity index (χ0) is 15.3. The molecular weight excluding hydrogens is 288 g/mol. The highest BCUT2D eigenvalue weighted by molar-refractivity contribution is 7.89. The third-order valence-corrected chi connectivity index (χ3v) is 5.30. The normalized spacial score (nSPS) is 17.0. The van der Waals surface area contributed by atoms with Crippen molar-refractivity contribution >= 4 is 10.0 Å². The SMILES string of the molecule is CCc1ccc(S(=O)(=O)NC2CCOCC2)cc1CNC. The van der Waals surface area contributed by atoms with Crippen molar-refractivity contribution < 1.29 is 13.2 Å². The molecule has 0 saturated carbocycles. The Morgan fingerprint density at radius 1 is 1.24 bits per heavy atom. The molecule has 0 aliphatic carbocycles. The monoisotopic (exact) mass is 312 g/mol. The van der Waals surface area contributed by atoms with E-state index in [9.17, 15) is 8.42 Å². The summed E-state index contributed by atoms with van der Waals surface area (Å²) in [5.41, 5.74) is 2.21. The van der Waals surface area contributed by atoms with Crippen LogP contribution >= 0.6 is 0 Å². The summed E-state index contributed by atoms with van der Waals surface area (Å²) in [6.07, 6.45) is 2.36. The number of hydrogen-bond acceptors (Lipinski definition) is 4. The second-order valence-electron chi connectivity index (χ2n) is 5.32. The first kappa shape index (κ1) is 16.4. The summed E-state index contributed by atoms with van der Waals surface area (Å²) in [6, 6.07) is 5.35. The van der Waals surface area contributed by atoms with E-state index in [0.717, 1.165) is 24.8 Å². The average molecular weight is 312 g/mol. The highest BCUT2D eigenvalue weighted by atomic mass is 32.2. The Kier molecular flexibility index (Phi) is 5.75. The van der Waals surface area contributed by atoms with E-state index >= 15 is 0 Å². The van der Waals surface area contributed by atoms with Crippen LogP contribution in [0, 0.1) is 0 Å². The first-order valence-corrected chi connectivity index (χ1v) is 8.91. The van der Waals surface area contributed by atoms with Crippen molar-refractivity contribution in [2.45, 2.75) is 43.7 Å². The largest absolute Gasteiger partial charge is 0.381 e. The molecule has 1 aliphatic heterocycles. The average Bonchev–Trinajstić information content (AvgIpc) is 2.48. The van der Waals surface area contributed by atoms with Gasteiger partial charge in [0.05, 0.1) is 4.90 Å². The predicted molar refractivity (Wildman–Crippen MR) is 82.7 cm³/mol. The quantitative estimate of drug-likeness (QED) is 0.834. The molecule has 118 valence electrons. The smallest absolute Gasteiger partial charge is 0.240 e. The second kappa shape index (κ2) is 7.35. The van der Waals surface area contributed by atoms with Crippen molar-refractivity contribution in [3.8, 4) is 0 Å². The topological polar surface area (TPSA) is 67.4 Å². The van der Waals surface area contributed by atoms with Gasteiger partial charge in [-0.15, -0.1) is 0 Å². The molecule has 0 bridgehead atoms. The molecule has 0 atom stereocenters. The first-order chi connectivity index (χ1) is 10.1. The van der Waals surface area contributed by atoms with E-state index in [-0.39, 0.29) is 6.04 Å². The molecule has 2 N–H and O–H groups in total. The van der Waals surface area contributed by atoms with Gasteiger partial charge in [-0.25, -0.2) is 13.1 Å². The summed E-state index contributed by atoms with van der Waals surface area (Å²) in [5.74, 6) is 0. The van der Waals surface area contributed by atoms with Crippen LogP contribution in [0.15, 0.2) is 23.1 Å². The fraction of sp³-hybridized carbons (Fsp3) is 0.600. The minimum atomic E-state index is -3.46. The van der Waals surface area contributed by atoms with Gasteiger partial charge in [0.1, 0.15) is 0 Å². The molecule has 1 fully saturated rings. The molecule has 21 heavy (non-hydrogen) atoms. The summed E-state index contributed by atoms with van der Waals surface area (Å²) in [4.78, 5) is 0.344. The molecule has 1 aliphatic rings. The number of hydrogen-bond donors (Lipinski definition) is 2. The fourth-order valence-electron chi connectivity index (χ4n) is 2.57. The molecule has 0 spiro atoms. The van der Waals surface area contributed by atoms with E-state index in [1.54, 1.807) is 12.1 Å². The van der Waals surface area contributed by atoms with Crippen LogP contribution in [0.3, 0.4) is 0 Å². The molecule has 2 rings (SSSR count). The van der Waals surface area contributed by atoms with Gasteiger partial charge in [0.15, 0.2) is 0 Å². The van der Waals surface area contributed by atoms with Gasteiger partial charge in [-0.05, 0) is 49.6 Å². The van der Waals surface area contributed by atoms with E-state index in [0.29, 0.717) is 24.7 Å². The van der Waals surface area contributed by atoms with Gasteiger partial charge in [-0.1, -0.05) is 13.0 Å². The third kappa shape index (κ3) is 4.26. The lowest BCUT2D eigenvalue weighted by Gasteiger charge is -2.23. The molecule has 6 heteroatoms. The van der Waals surface area contributed by atoms with E-state index < -0.39 is 10.0 Å². The second-order valence-corrected chi connectivity index (χ2v) is 7.04. The fourth-order valence-corrected chi connectivity index (χ4v) is 3.93. The van der Waals surface area contributed by atoms with Crippen LogP contribution in [-0.4, -0.2) is 34.7 Å². The van der Waals surface area contributed by atoms with Gasteiger partial charge in [0.2, 0.25) is 10.0 Å². The van der Waals surface area contributed by atoms with Crippen LogP contribution in [0.5, 0.6) is 0 Å². The number of benzene rings is 1. The first-order valence-electron chi connectivity index (χ1n) is 7.43. The molecular formula is C15H24N2O3S. The van der Waals surface area contributed by atoms with Crippen molar-refractivity contribution in [3.63, 3.8) is 0 Å². The van der Waals surface area contributed by atoms with Crippen LogP contribution < -0.4 is 10.0 Å². The van der Waals surface area contributed by atoms with Crippen molar-refractivity contribution in [1.82, 2.24) is 10.0 Å². The Morgan fingerprint density at radius 2 is 1.95 bits per heavy atom. The van der Waals surface area contributed by atoms with Crippen LogP contribution in [0.2, 0.25) is 0 Å². The van der Waals surface area contributed by atoms with Gasteiger partial charge < -0.3 is 10.1 Å². The maximum Gasteiger partial charge on any atom is 0.240 e. The summed E-state index contributed by atoms with van der Waals surface area (Å²) in [7, 11) is -1.60. The Bertz CT molecular complexity index is 566. The molecule has 1 aromatic carbocycles. The lowest BCUT2D eigenvalue weighted by atomic mass is 10.1. The maximum atomic E-state index is 12.5. The van der Waals surface area contributed by atoms with Crippen LogP contribution in [-0.2, 0) is 27.7 Å². The number of nitrogens with one attached hydrogen (secondary N) is 2. The van der Waals surface area contributed by atoms with E-state index in [4.69, 9.17) is 4.74 Å². The zero-order valence-corrected chi connectivity index (χ0v) is 13.5.